The maximum absolute atomic E-state index is 12.3. The second-order valence-electron chi connectivity index (χ2n) is 5.73. The quantitative estimate of drug-likeness (QED) is 0.796. The fraction of sp³-hybridized carbons (Fsp3) is 0.278. The molecule has 0 radical (unpaired) electrons. The zero-order valence-corrected chi connectivity index (χ0v) is 13.5. The minimum absolute atomic E-state index is 0.0202. The monoisotopic (exact) mass is 326 g/mol. The molecule has 4 rings (SSSR count). The molecular formula is C18H18N2O2S. The van der Waals surface area contributed by atoms with Gasteiger partial charge < -0.3 is 14.6 Å². The highest BCUT2D eigenvalue weighted by molar-refractivity contribution is 7.16. The van der Waals surface area contributed by atoms with Crippen LogP contribution in [0.4, 0.5) is 0 Å². The van der Waals surface area contributed by atoms with E-state index in [2.05, 4.69) is 28.1 Å². The SMILES string of the molecule is O=C(NCC1CCCO1)c1ccc(-n2ccc3ccccc32)s1. The highest BCUT2D eigenvalue weighted by atomic mass is 32.1. The lowest BCUT2D eigenvalue weighted by atomic mass is 10.2. The first kappa shape index (κ1) is 14.5. The van der Waals surface area contributed by atoms with Crippen molar-refractivity contribution in [3.8, 4) is 5.00 Å². The van der Waals surface area contributed by atoms with Gasteiger partial charge in [0.05, 0.1) is 16.5 Å². The van der Waals surface area contributed by atoms with Gasteiger partial charge in [-0.15, -0.1) is 11.3 Å². The van der Waals surface area contributed by atoms with E-state index < -0.39 is 0 Å². The fourth-order valence-electron chi connectivity index (χ4n) is 2.95. The number of fused-ring (bicyclic) bond motifs is 1. The maximum atomic E-state index is 12.3. The molecule has 0 spiro atoms. The molecule has 4 nitrogen and oxygen atoms in total. The lowest BCUT2D eigenvalue weighted by Gasteiger charge is -2.09. The molecule has 2 aromatic heterocycles. The lowest BCUT2D eigenvalue weighted by molar-refractivity contribution is 0.0861. The van der Waals surface area contributed by atoms with Gasteiger partial charge in [0.1, 0.15) is 5.00 Å². The number of amides is 1. The van der Waals surface area contributed by atoms with E-state index in [0.717, 1.165) is 34.8 Å². The molecule has 1 aliphatic heterocycles. The van der Waals surface area contributed by atoms with E-state index in [1.165, 1.54) is 16.7 Å². The van der Waals surface area contributed by atoms with Crippen LogP contribution in [0.5, 0.6) is 0 Å². The number of ether oxygens (including phenoxy) is 1. The van der Waals surface area contributed by atoms with Crippen LogP contribution >= 0.6 is 11.3 Å². The Labute approximate surface area is 138 Å². The highest BCUT2D eigenvalue weighted by Crippen LogP contribution is 2.26. The minimum Gasteiger partial charge on any atom is -0.376 e. The summed E-state index contributed by atoms with van der Waals surface area (Å²) in [5, 5.41) is 5.22. The molecule has 0 saturated carbocycles. The van der Waals surface area contributed by atoms with Crippen molar-refractivity contribution < 1.29 is 9.53 Å². The van der Waals surface area contributed by atoms with Gasteiger partial charge >= 0.3 is 0 Å². The minimum atomic E-state index is -0.0202. The summed E-state index contributed by atoms with van der Waals surface area (Å²) in [6.07, 6.45) is 4.34. The Morgan fingerprint density at radius 1 is 1.26 bits per heavy atom. The third-order valence-corrected chi connectivity index (χ3v) is 5.25. The van der Waals surface area contributed by atoms with Crippen molar-refractivity contribution in [3.05, 3.63) is 53.5 Å². The summed E-state index contributed by atoms with van der Waals surface area (Å²) in [5.74, 6) is -0.0202. The van der Waals surface area contributed by atoms with Gasteiger partial charge in [-0.1, -0.05) is 18.2 Å². The summed E-state index contributed by atoms with van der Waals surface area (Å²) < 4.78 is 7.66. The predicted molar refractivity (Wildman–Crippen MR) is 92.5 cm³/mol. The molecule has 0 bridgehead atoms. The van der Waals surface area contributed by atoms with Crippen LogP contribution in [0.1, 0.15) is 22.5 Å². The van der Waals surface area contributed by atoms with E-state index in [-0.39, 0.29) is 12.0 Å². The van der Waals surface area contributed by atoms with E-state index in [1.807, 2.05) is 30.5 Å². The molecule has 1 aromatic carbocycles. The Morgan fingerprint density at radius 3 is 3.04 bits per heavy atom. The first-order valence-corrected chi connectivity index (χ1v) is 8.69. The summed E-state index contributed by atoms with van der Waals surface area (Å²) in [6.45, 7) is 1.41. The number of carbonyl (C=O) groups is 1. The van der Waals surface area contributed by atoms with Gasteiger partial charge in [-0.05, 0) is 42.5 Å². The Bertz CT molecular complexity index is 830. The third-order valence-electron chi connectivity index (χ3n) is 4.17. The number of aromatic nitrogens is 1. The fourth-order valence-corrected chi connectivity index (χ4v) is 3.87. The molecule has 118 valence electrons. The van der Waals surface area contributed by atoms with Crippen LogP contribution in [0.3, 0.4) is 0 Å². The van der Waals surface area contributed by atoms with Gasteiger partial charge in [0.2, 0.25) is 0 Å². The van der Waals surface area contributed by atoms with Crippen molar-refractivity contribution in [2.24, 2.45) is 0 Å². The van der Waals surface area contributed by atoms with E-state index in [0.29, 0.717) is 6.54 Å². The molecule has 5 heteroatoms. The van der Waals surface area contributed by atoms with Gasteiger partial charge in [0, 0.05) is 19.3 Å². The largest absolute Gasteiger partial charge is 0.376 e. The molecule has 1 atom stereocenters. The van der Waals surface area contributed by atoms with Crippen molar-refractivity contribution in [2.75, 3.05) is 13.2 Å². The Balaban J connectivity index is 1.51. The van der Waals surface area contributed by atoms with E-state index >= 15 is 0 Å². The maximum Gasteiger partial charge on any atom is 0.261 e. The van der Waals surface area contributed by atoms with Crippen LogP contribution in [0.15, 0.2) is 48.7 Å². The molecule has 1 unspecified atom stereocenters. The molecule has 0 aliphatic carbocycles. The smallest absolute Gasteiger partial charge is 0.261 e. The van der Waals surface area contributed by atoms with Crippen molar-refractivity contribution in [1.29, 1.82) is 0 Å². The van der Waals surface area contributed by atoms with Crippen molar-refractivity contribution in [2.45, 2.75) is 18.9 Å². The number of para-hydroxylation sites is 1. The van der Waals surface area contributed by atoms with Gasteiger partial charge in [0.25, 0.3) is 5.91 Å². The Kier molecular flexibility index (Phi) is 3.89. The zero-order valence-electron chi connectivity index (χ0n) is 12.7. The van der Waals surface area contributed by atoms with Crippen LogP contribution in [0.2, 0.25) is 0 Å². The first-order valence-electron chi connectivity index (χ1n) is 7.87. The number of carbonyl (C=O) groups excluding carboxylic acids is 1. The summed E-state index contributed by atoms with van der Waals surface area (Å²) in [6, 6.07) is 14.2. The van der Waals surface area contributed by atoms with E-state index in [1.54, 1.807) is 0 Å². The number of thiophene rings is 1. The van der Waals surface area contributed by atoms with Crippen LogP contribution < -0.4 is 5.32 Å². The van der Waals surface area contributed by atoms with Crippen molar-refractivity contribution in [3.63, 3.8) is 0 Å². The second-order valence-corrected chi connectivity index (χ2v) is 6.79. The van der Waals surface area contributed by atoms with Gasteiger partial charge in [-0.3, -0.25) is 4.79 Å². The molecule has 1 N–H and O–H groups in total. The average molecular weight is 326 g/mol. The van der Waals surface area contributed by atoms with Gasteiger partial charge in [-0.25, -0.2) is 0 Å². The summed E-state index contributed by atoms with van der Waals surface area (Å²) in [4.78, 5) is 13.0. The number of hydrogen-bond donors (Lipinski definition) is 1. The highest BCUT2D eigenvalue weighted by Gasteiger charge is 2.17. The average Bonchev–Trinajstić information content (AvgIpc) is 3.31. The van der Waals surface area contributed by atoms with Crippen LogP contribution in [-0.2, 0) is 4.74 Å². The zero-order chi connectivity index (χ0) is 15.6. The molecule has 1 amide bonds. The number of benzene rings is 1. The summed E-state index contributed by atoms with van der Waals surface area (Å²) in [5.41, 5.74) is 1.15. The number of nitrogens with one attached hydrogen (secondary N) is 1. The molecule has 3 heterocycles. The van der Waals surface area contributed by atoms with Crippen LogP contribution in [0, 0.1) is 0 Å². The molecule has 1 fully saturated rings. The van der Waals surface area contributed by atoms with Crippen LogP contribution in [0.25, 0.3) is 15.9 Å². The first-order chi connectivity index (χ1) is 11.3. The molecular weight excluding hydrogens is 308 g/mol. The lowest BCUT2D eigenvalue weighted by Crippen LogP contribution is -2.31. The Morgan fingerprint density at radius 2 is 2.17 bits per heavy atom. The van der Waals surface area contributed by atoms with Gasteiger partial charge in [0.15, 0.2) is 0 Å². The third kappa shape index (κ3) is 2.90. The predicted octanol–water partition coefficient (Wildman–Crippen LogP) is 3.60. The number of rotatable bonds is 4. The van der Waals surface area contributed by atoms with Crippen LogP contribution in [-0.4, -0.2) is 29.7 Å². The molecule has 23 heavy (non-hydrogen) atoms. The van der Waals surface area contributed by atoms with E-state index in [4.69, 9.17) is 4.74 Å². The summed E-state index contributed by atoms with van der Waals surface area (Å²) in [7, 11) is 0. The number of nitrogens with zero attached hydrogens (tertiary/aromatic N) is 1. The standard InChI is InChI=1S/C18H18N2O2S/c21-18(19-12-14-5-3-11-22-14)16-7-8-17(23-16)20-10-9-13-4-1-2-6-15(13)20/h1-2,4,6-10,14H,3,5,11-12H2,(H,19,21). The number of hydrogen-bond acceptors (Lipinski definition) is 3. The molecule has 1 saturated heterocycles. The molecule has 1 aliphatic rings. The normalized spacial score (nSPS) is 17.7. The van der Waals surface area contributed by atoms with Gasteiger partial charge in [-0.2, -0.15) is 0 Å². The summed E-state index contributed by atoms with van der Waals surface area (Å²) >= 11 is 1.51. The van der Waals surface area contributed by atoms with Crippen molar-refractivity contribution >= 4 is 28.1 Å². The second kappa shape index (κ2) is 6.18. The molecule has 3 aromatic rings. The van der Waals surface area contributed by atoms with E-state index in [9.17, 15) is 4.79 Å². The Hall–Kier alpha value is -2.11. The van der Waals surface area contributed by atoms with Crippen molar-refractivity contribution in [1.82, 2.24) is 9.88 Å². The topological polar surface area (TPSA) is 43.3 Å².